The predicted molar refractivity (Wildman–Crippen MR) is 112 cm³/mol. The average molecular weight is 388 g/mol. The molecule has 0 saturated heterocycles. The molecule has 2 heterocycles. The molecule has 5 nitrogen and oxygen atoms in total. The normalized spacial score (nSPS) is 11.2. The number of aromatic amines is 1. The number of H-pyrrole nitrogens is 1. The molecule has 0 bridgehead atoms. The van der Waals surface area contributed by atoms with Crippen LogP contribution in [0.5, 0.6) is 0 Å². The van der Waals surface area contributed by atoms with Crippen LogP contribution in [0.25, 0.3) is 0 Å². The second-order valence-corrected chi connectivity index (χ2v) is 8.55. The minimum absolute atomic E-state index is 0.776. The first-order valence-electron chi connectivity index (χ1n) is 8.65. The molecule has 0 aliphatic rings. The summed E-state index contributed by atoms with van der Waals surface area (Å²) in [6.07, 6.45) is 2.32. The van der Waals surface area contributed by atoms with Crippen molar-refractivity contribution in [2.75, 3.05) is 31.7 Å². The Morgan fingerprint density at radius 2 is 2.15 bits per heavy atom. The Balaban J connectivity index is 1.37. The van der Waals surface area contributed by atoms with Crippen molar-refractivity contribution >= 4 is 28.8 Å². The third kappa shape index (κ3) is 6.16. The summed E-state index contributed by atoms with van der Waals surface area (Å²) in [5, 5.41) is 12.6. The van der Waals surface area contributed by atoms with Crippen molar-refractivity contribution in [3.63, 3.8) is 0 Å². The number of nitrogens with zero attached hydrogens (tertiary/aromatic N) is 3. The van der Waals surface area contributed by atoms with E-state index in [9.17, 15) is 0 Å². The summed E-state index contributed by atoms with van der Waals surface area (Å²) < 4.78 is 0. The fourth-order valence-corrected chi connectivity index (χ4v) is 4.56. The SMILES string of the molecule is CN(C)Cc1cc(CSCCNc2cccc(Cc3ncn[nH]3)c2)cs1. The molecule has 0 saturated carbocycles. The van der Waals surface area contributed by atoms with Gasteiger partial charge in [-0.2, -0.15) is 16.9 Å². The number of hydrogen-bond donors (Lipinski definition) is 2. The van der Waals surface area contributed by atoms with Crippen LogP contribution >= 0.6 is 23.1 Å². The van der Waals surface area contributed by atoms with E-state index in [1.807, 2.05) is 23.1 Å². The van der Waals surface area contributed by atoms with E-state index >= 15 is 0 Å². The Hall–Kier alpha value is -1.83. The lowest BCUT2D eigenvalue weighted by Gasteiger charge is -2.08. The van der Waals surface area contributed by atoms with Gasteiger partial charge in [-0.15, -0.1) is 11.3 Å². The number of benzene rings is 1. The van der Waals surface area contributed by atoms with Gasteiger partial charge in [-0.25, -0.2) is 4.98 Å². The van der Waals surface area contributed by atoms with Crippen molar-refractivity contribution in [3.05, 3.63) is 63.9 Å². The minimum Gasteiger partial charge on any atom is -0.384 e. The zero-order valence-corrected chi connectivity index (χ0v) is 16.9. The second kappa shape index (κ2) is 9.75. The van der Waals surface area contributed by atoms with Gasteiger partial charge in [0.05, 0.1) is 0 Å². The van der Waals surface area contributed by atoms with Crippen molar-refractivity contribution in [1.82, 2.24) is 20.1 Å². The highest BCUT2D eigenvalue weighted by molar-refractivity contribution is 7.98. The average Bonchev–Trinajstić information content (AvgIpc) is 3.27. The third-order valence-electron chi connectivity index (χ3n) is 3.79. The van der Waals surface area contributed by atoms with Crippen LogP contribution in [0.1, 0.15) is 21.8 Å². The molecule has 0 spiro atoms. The molecule has 0 atom stereocenters. The van der Waals surface area contributed by atoms with Gasteiger partial charge in [-0.3, -0.25) is 5.10 Å². The van der Waals surface area contributed by atoms with Crippen LogP contribution in [-0.4, -0.2) is 46.5 Å². The summed E-state index contributed by atoms with van der Waals surface area (Å²) in [4.78, 5) is 7.83. The van der Waals surface area contributed by atoms with E-state index < -0.39 is 0 Å². The van der Waals surface area contributed by atoms with E-state index in [1.54, 1.807) is 6.33 Å². The summed E-state index contributed by atoms with van der Waals surface area (Å²) >= 11 is 3.83. The molecule has 7 heteroatoms. The van der Waals surface area contributed by atoms with Crippen molar-refractivity contribution in [2.24, 2.45) is 0 Å². The van der Waals surface area contributed by atoms with Crippen LogP contribution < -0.4 is 5.32 Å². The number of hydrogen-bond acceptors (Lipinski definition) is 6. The van der Waals surface area contributed by atoms with Gasteiger partial charge in [0.15, 0.2) is 0 Å². The molecule has 0 aliphatic carbocycles. The first-order chi connectivity index (χ1) is 12.7. The molecule has 0 radical (unpaired) electrons. The van der Waals surface area contributed by atoms with E-state index in [2.05, 4.69) is 75.2 Å². The first-order valence-corrected chi connectivity index (χ1v) is 10.7. The van der Waals surface area contributed by atoms with E-state index in [0.717, 1.165) is 42.5 Å². The van der Waals surface area contributed by atoms with Crippen LogP contribution in [0.15, 0.2) is 42.0 Å². The van der Waals surface area contributed by atoms with Gasteiger partial charge in [0.1, 0.15) is 12.2 Å². The number of nitrogens with one attached hydrogen (secondary N) is 2. The number of thiophene rings is 1. The molecule has 0 aliphatic heterocycles. The molecule has 0 amide bonds. The van der Waals surface area contributed by atoms with E-state index in [1.165, 1.54) is 16.0 Å². The molecule has 138 valence electrons. The van der Waals surface area contributed by atoms with Gasteiger partial charge in [0, 0.05) is 41.6 Å². The maximum Gasteiger partial charge on any atom is 0.137 e. The molecule has 3 aromatic rings. The summed E-state index contributed by atoms with van der Waals surface area (Å²) in [6.45, 7) is 1.99. The fourth-order valence-electron chi connectivity index (χ4n) is 2.65. The second-order valence-electron chi connectivity index (χ2n) is 6.45. The van der Waals surface area contributed by atoms with Gasteiger partial charge in [-0.1, -0.05) is 12.1 Å². The Morgan fingerprint density at radius 1 is 1.23 bits per heavy atom. The summed E-state index contributed by atoms with van der Waals surface area (Å²) in [6, 6.07) is 10.8. The van der Waals surface area contributed by atoms with E-state index in [-0.39, 0.29) is 0 Å². The maximum absolute atomic E-state index is 4.18. The van der Waals surface area contributed by atoms with Crippen LogP contribution in [0.2, 0.25) is 0 Å². The lowest BCUT2D eigenvalue weighted by Crippen LogP contribution is -2.09. The zero-order valence-electron chi connectivity index (χ0n) is 15.2. The lowest BCUT2D eigenvalue weighted by molar-refractivity contribution is 0.406. The highest BCUT2D eigenvalue weighted by Crippen LogP contribution is 2.20. The predicted octanol–water partition coefficient (Wildman–Crippen LogP) is 3.86. The van der Waals surface area contributed by atoms with Crippen LogP contribution in [0.4, 0.5) is 5.69 Å². The largest absolute Gasteiger partial charge is 0.384 e. The quantitative estimate of drug-likeness (QED) is 0.517. The summed E-state index contributed by atoms with van der Waals surface area (Å²) in [5.74, 6) is 3.06. The highest BCUT2D eigenvalue weighted by Gasteiger charge is 2.03. The van der Waals surface area contributed by atoms with Gasteiger partial charge < -0.3 is 10.2 Å². The summed E-state index contributed by atoms with van der Waals surface area (Å²) in [7, 11) is 4.22. The smallest absolute Gasteiger partial charge is 0.137 e. The number of thioether (sulfide) groups is 1. The van der Waals surface area contributed by atoms with Crippen molar-refractivity contribution < 1.29 is 0 Å². The van der Waals surface area contributed by atoms with Gasteiger partial charge in [0.25, 0.3) is 0 Å². The van der Waals surface area contributed by atoms with E-state index in [0.29, 0.717) is 0 Å². The van der Waals surface area contributed by atoms with Crippen LogP contribution in [0.3, 0.4) is 0 Å². The molecular formula is C19H25N5S2. The molecule has 1 aromatic carbocycles. The molecule has 2 aromatic heterocycles. The van der Waals surface area contributed by atoms with Crippen LogP contribution in [-0.2, 0) is 18.7 Å². The maximum atomic E-state index is 4.18. The fraction of sp³-hybridized carbons (Fsp3) is 0.368. The van der Waals surface area contributed by atoms with Crippen LogP contribution in [0, 0.1) is 0 Å². The van der Waals surface area contributed by atoms with Gasteiger partial charge in [-0.05, 0) is 48.8 Å². The Bertz CT molecular complexity index is 783. The van der Waals surface area contributed by atoms with Crippen molar-refractivity contribution in [2.45, 2.75) is 18.7 Å². The van der Waals surface area contributed by atoms with E-state index in [4.69, 9.17) is 0 Å². The Morgan fingerprint density at radius 3 is 2.96 bits per heavy atom. The molecule has 0 unspecified atom stereocenters. The lowest BCUT2D eigenvalue weighted by atomic mass is 10.1. The monoisotopic (exact) mass is 387 g/mol. The topological polar surface area (TPSA) is 56.8 Å². The summed E-state index contributed by atoms with van der Waals surface area (Å²) in [5.41, 5.74) is 3.82. The van der Waals surface area contributed by atoms with Crippen molar-refractivity contribution in [3.8, 4) is 0 Å². The number of anilines is 1. The molecule has 3 rings (SSSR count). The third-order valence-corrected chi connectivity index (χ3v) is 5.79. The van der Waals surface area contributed by atoms with Crippen molar-refractivity contribution in [1.29, 1.82) is 0 Å². The number of rotatable bonds is 10. The molecule has 26 heavy (non-hydrogen) atoms. The Kier molecular flexibility index (Phi) is 7.11. The Labute approximate surface area is 163 Å². The zero-order chi connectivity index (χ0) is 18.2. The van der Waals surface area contributed by atoms with Gasteiger partial charge >= 0.3 is 0 Å². The number of aromatic nitrogens is 3. The molecule has 0 fully saturated rings. The standard InChI is InChI=1S/C19H25N5S2/c1-24(2)11-18-9-16(13-26-18)12-25-7-6-20-17-5-3-4-15(8-17)10-19-21-14-22-23-19/h3-5,8-9,13-14,20H,6-7,10-12H2,1-2H3,(H,21,22,23). The first kappa shape index (κ1) is 18.9. The molecule has 2 N–H and O–H groups in total. The minimum atomic E-state index is 0.776. The highest BCUT2D eigenvalue weighted by atomic mass is 32.2. The molecular weight excluding hydrogens is 362 g/mol. The van der Waals surface area contributed by atoms with Gasteiger partial charge in [0.2, 0.25) is 0 Å².